The molecule has 1 aliphatic heterocycles. The molecule has 0 unspecified atom stereocenters. The molecule has 5 aromatic rings. The second-order valence-corrected chi connectivity index (χ2v) is 12.0. The van der Waals surface area contributed by atoms with E-state index >= 15 is 0 Å². The van der Waals surface area contributed by atoms with E-state index in [4.69, 9.17) is 20.6 Å². The number of ether oxygens (including phenoxy) is 1. The molecule has 2 atom stereocenters. The first-order chi connectivity index (χ1) is 20.5. The zero-order chi connectivity index (χ0) is 28.8. The number of hydrogen-bond donors (Lipinski definition) is 4. The number of carbonyl (C=O) groups is 1. The molecule has 5 aromatic heterocycles. The lowest BCUT2D eigenvalue weighted by Gasteiger charge is -2.29. The average molecular weight is 609 g/mol. The first kappa shape index (κ1) is 26.8. The van der Waals surface area contributed by atoms with E-state index in [9.17, 15) is 9.59 Å². The number of thiophene rings is 1. The summed E-state index contributed by atoms with van der Waals surface area (Å²) in [6.45, 7) is 2.46. The molecule has 14 nitrogen and oxygen atoms in total. The third-order valence-electron chi connectivity index (χ3n) is 7.58. The molecular weight excluding hydrogens is 580 g/mol. The van der Waals surface area contributed by atoms with Crippen molar-refractivity contribution >= 4 is 68.2 Å². The quantitative estimate of drug-likeness (QED) is 0.212. The van der Waals surface area contributed by atoms with Crippen LogP contribution in [0.4, 0.5) is 23.5 Å². The molecule has 1 saturated carbocycles. The molecule has 218 valence electrons. The molecule has 7 rings (SSSR count). The van der Waals surface area contributed by atoms with Crippen molar-refractivity contribution in [3.63, 3.8) is 0 Å². The number of nitrogens with one attached hydrogen (secondary N) is 2. The second-order valence-electron chi connectivity index (χ2n) is 10.3. The Balaban J connectivity index is 1.23. The van der Waals surface area contributed by atoms with E-state index in [1.54, 1.807) is 0 Å². The fraction of sp³-hybridized carbons (Fsp3) is 0.385. The van der Waals surface area contributed by atoms with Crippen LogP contribution in [0.5, 0.6) is 0 Å². The summed E-state index contributed by atoms with van der Waals surface area (Å²) in [6.07, 6.45) is 5.30. The van der Waals surface area contributed by atoms with Crippen LogP contribution in [0.2, 0.25) is 0 Å². The zero-order valence-corrected chi connectivity index (χ0v) is 24.0. The van der Waals surface area contributed by atoms with E-state index in [0.717, 1.165) is 36.1 Å². The smallest absolute Gasteiger partial charge is 0.256 e. The molecular formula is C26H28N10O4S2. The predicted molar refractivity (Wildman–Crippen MR) is 161 cm³/mol. The molecule has 16 heteroatoms. The van der Waals surface area contributed by atoms with E-state index in [2.05, 4.69) is 30.1 Å². The van der Waals surface area contributed by atoms with Gasteiger partial charge in [0.2, 0.25) is 11.4 Å². The molecule has 0 aromatic carbocycles. The van der Waals surface area contributed by atoms with Gasteiger partial charge in [0, 0.05) is 48.2 Å². The Morgan fingerprint density at radius 2 is 2.00 bits per heavy atom. The van der Waals surface area contributed by atoms with Gasteiger partial charge in [-0.15, -0.1) is 11.3 Å². The number of rotatable bonds is 7. The number of carbonyl (C=O) groups excluding carboxylic acids is 1. The summed E-state index contributed by atoms with van der Waals surface area (Å²) in [4.78, 5) is 37.2. The maximum absolute atomic E-state index is 12.9. The fourth-order valence-electron chi connectivity index (χ4n) is 5.42. The molecule has 42 heavy (non-hydrogen) atoms. The molecule has 6 heterocycles. The van der Waals surface area contributed by atoms with Crippen molar-refractivity contribution in [1.82, 2.24) is 24.0 Å². The topological polar surface area (TPSA) is 192 Å². The van der Waals surface area contributed by atoms with E-state index in [-0.39, 0.29) is 34.5 Å². The van der Waals surface area contributed by atoms with Gasteiger partial charge in [-0.2, -0.15) is 19.0 Å². The highest BCUT2D eigenvalue weighted by Crippen LogP contribution is 2.38. The van der Waals surface area contributed by atoms with Crippen LogP contribution in [0.1, 0.15) is 36.0 Å². The summed E-state index contributed by atoms with van der Waals surface area (Å²) in [6, 6.07) is 3.33. The monoisotopic (exact) mass is 608 g/mol. The standard InChI is InChI=1S/C26H28N10O4S2/c27-14-3-1-2-4-15(14)31-26-33-24(20(23(28)38)25-29-12-30-36(25)26)32-18-10-17(42-34-18)13-11-41-22-16(37)9-19(40-21(13)22)35-5-7-39-8-6-35/h9-12,14-15H,1-8,27H2,(H2,28,38)(H,31,33)(H,32,34)/t14-,15+/m1/s1. The molecule has 6 N–H and O–H groups in total. The van der Waals surface area contributed by atoms with Crippen molar-refractivity contribution in [1.29, 1.82) is 0 Å². The Hall–Kier alpha value is -4.12. The highest BCUT2D eigenvalue weighted by molar-refractivity contribution is 7.18. The molecule has 2 fully saturated rings. The summed E-state index contributed by atoms with van der Waals surface area (Å²) >= 11 is 2.56. The van der Waals surface area contributed by atoms with Crippen LogP contribution in [-0.4, -0.2) is 68.2 Å². The normalized spacial score (nSPS) is 19.4. The Morgan fingerprint density at radius 3 is 2.81 bits per heavy atom. The third-order valence-corrected chi connectivity index (χ3v) is 9.38. The minimum Gasteiger partial charge on any atom is -0.439 e. The summed E-state index contributed by atoms with van der Waals surface area (Å²) in [5, 5.41) is 12.7. The number of hydrogen-bond acceptors (Lipinski definition) is 14. The van der Waals surface area contributed by atoms with Gasteiger partial charge in [0.05, 0.1) is 18.1 Å². The largest absolute Gasteiger partial charge is 0.439 e. The van der Waals surface area contributed by atoms with Crippen LogP contribution in [-0.2, 0) is 4.74 Å². The van der Waals surface area contributed by atoms with Crippen LogP contribution in [0.15, 0.2) is 33.1 Å². The van der Waals surface area contributed by atoms with Crippen LogP contribution in [0.3, 0.4) is 0 Å². The first-order valence-electron chi connectivity index (χ1n) is 13.6. The van der Waals surface area contributed by atoms with E-state index < -0.39 is 5.91 Å². The van der Waals surface area contributed by atoms with Gasteiger partial charge in [-0.1, -0.05) is 12.8 Å². The number of anilines is 4. The minimum atomic E-state index is -0.708. The van der Waals surface area contributed by atoms with Gasteiger partial charge in [-0.3, -0.25) is 9.59 Å². The van der Waals surface area contributed by atoms with Gasteiger partial charge >= 0.3 is 0 Å². The minimum absolute atomic E-state index is 0.000634. The SMILES string of the molecule is NC(=O)c1c(Nc2cc(-c3csc4c(=O)cc(N5CCOCC5)oc34)sn2)nc(N[C@H]2CCCC[C@H]2N)n2ncnc12. The van der Waals surface area contributed by atoms with Crippen LogP contribution in [0.25, 0.3) is 26.4 Å². The van der Waals surface area contributed by atoms with Crippen molar-refractivity contribution in [2.24, 2.45) is 11.5 Å². The van der Waals surface area contributed by atoms with Gasteiger partial charge < -0.3 is 36.2 Å². The average Bonchev–Trinajstić information content (AvgIpc) is 3.75. The van der Waals surface area contributed by atoms with Crippen LogP contribution in [0, 0.1) is 0 Å². The Kier molecular flexibility index (Phi) is 6.97. The lowest BCUT2D eigenvalue weighted by atomic mass is 9.91. The zero-order valence-electron chi connectivity index (χ0n) is 22.4. The van der Waals surface area contributed by atoms with Crippen molar-refractivity contribution in [3.05, 3.63) is 39.6 Å². The summed E-state index contributed by atoms with van der Waals surface area (Å²) < 4.78 is 18.2. The van der Waals surface area contributed by atoms with Gasteiger partial charge in [0.1, 0.15) is 22.4 Å². The summed E-state index contributed by atoms with van der Waals surface area (Å²) in [5.74, 6) is 0.853. The van der Waals surface area contributed by atoms with Crippen molar-refractivity contribution in [3.8, 4) is 10.4 Å². The molecule has 1 aliphatic carbocycles. The molecule has 1 amide bonds. The highest BCUT2D eigenvalue weighted by atomic mass is 32.1. The molecule has 0 bridgehead atoms. The molecule has 1 saturated heterocycles. The van der Waals surface area contributed by atoms with Crippen molar-refractivity contribution in [2.45, 2.75) is 37.8 Å². The van der Waals surface area contributed by atoms with Gasteiger partial charge in [-0.25, -0.2) is 4.98 Å². The number of primary amides is 1. The lowest BCUT2D eigenvalue weighted by molar-refractivity contribution is 0.100. The van der Waals surface area contributed by atoms with E-state index in [1.165, 1.54) is 39.8 Å². The number of fused-ring (bicyclic) bond motifs is 2. The van der Waals surface area contributed by atoms with Gasteiger partial charge in [-0.05, 0) is 24.4 Å². The Labute approximate surface area is 246 Å². The first-order valence-corrected chi connectivity index (χ1v) is 15.3. The van der Waals surface area contributed by atoms with Crippen LogP contribution < -0.4 is 32.4 Å². The molecule has 2 aliphatic rings. The van der Waals surface area contributed by atoms with Crippen molar-refractivity contribution in [2.75, 3.05) is 41.8 Å². The Morgan fingerprint density at radius 1 is 1.17 bits per heavy atom. The van der Waals surface area contributed by atoms with Gasteiger partial charge in [0.15, 0.2) is 22.9 Å². The van der Waals surface area contributed by atoms with Crippen LogP contribution >= 0.6 is 22.9 Å². The maximum Gasteiger partial charge on any atom is 0.256 e. The maximum atomic E-state index is 12.9. The number of nitrogens with two attached hydrogens (primary N) is 2. The van der Waals surface area contributed by atoms with E-state index in [0.29, 0.717) is 54.2 Å². The summed E-state index contributed by atoms with van der Waals surface area (Å²) in [7, 11) is 0. The number of morpholine rings is 1. The number of amides is 1. The number of aromatic nitrogens is 5. The fourth-order valence-corrected chi connectivity index (χ4v) is 7.11. The molecule has 0 radical (unpaired) electrons. The molecule has 0 spiro atoms. The Bertz CT molecular complexity index is 1840. The summed E-state index contributed by atoms with van der Waals surface area (Å²) in [5.41, 5.74) is 13.7. The second kappa shape index (κ2) is 10.9. The predicted octanol–water partition coefficient (Wildman–Crippen LogP) is 2.78. The third kappa shape index (κ3) is 4.85. The number of nitrogens with zero attached hydrogens (tertiary/aromatic N) is 6. The van der Waals surface area contributed by atoms with Crippen molar-refractivity contribution < 1.29 is 13.9 Å². The lowest BCUT2D eigenvalue weighted by Crippen LogP contribution is -2.43. The van der Waals surface area contributed by atoms with E-state index in [1.807, 2.05) is 16.3 Å². The van der Waals surface area contributed by atoms with Gasteiger partial charge in [0.25, 0.3) is 5.91 Å². The highest BCUT2D eigenvalue weighted by Gasteiger charge is 2.27.